The summed E-state index contributed by atoms with van der Waals surface area (Å²) in [6.07, 6.45) is 4.80. The molecule has 0 unspecified atom stereocenters. The average molecular weight is 378 g/mol. The molecule has 2 heterocycles. The number of carbonyl (C=O) groups excluding carboxylic acids is 1. The van der Waals surface area contributed by atoms with Crippen molar-refractivity contribution in [2.24, 2.45) is 0 Å². The van der Waals surface area contributed by atoms with E-state index in [1.165, 1.54) is 5.56 Å². The van der Waals surface area contributed by atoms with Crippen LogP contribution in [0.25, 0.3) is 0 Å². The molecule has 142 valence electrons. The van der Waals surface area contributed by atoms with Gasteiger partial charge in [0.15, 0.2) is 5.69 Å². The van der Waals surface area contributed by atoms with Gasteiger partial charge in [-0.2, -0.15) is 0 Å². The van der Waals surface area contributed by atoms with Crippen LogP contribution in [0.2, 0.25) is 0 Å². The molecule has 1 saturated heterocycles. The van der Waals surface area contributed by atoms with Crippen molar-refractivity contribution in [3.8, 4) is 0 Å². The zero-order chi connectivity index (χ0) is 17.9. The Morgan fingerprint density at radius 3 is 2.54 bits per heavy atom. The Morgan fingerprint density at radius 2 is 1.92 bits per heavy atom. The first kappa shape index (κ1) is 20.4. The van der Waals surface area contributed by atoms with Gasteiger partial charge in [-0.3, -0.25) is 4.79 Å². The number of carbonyl (C=O) groups is 1. The molecule has 0 atom stereocenters. The average Bonchev–Trinajstić information content (AvgIpc) is 3.12. The number of halogens is 1. The van der Waals surface area contributed by atoms with Crippen LogP contribution in [0.15, 0.2) is 30.5 Å². The summed E-state index contributed by atoms with van der Waals surface area (Å²) >= 11 is 0. The van der Waals surface area contributed by atoms with E-state index in [9.17, 15) is 4.79 Å². The van der Waals surface area contributed by atoms with Crippen molar-refractivity contribution in [3.05, 3.63) is 47.3 Å². The van der Waals surface area contributed by atoms with Crippen molar-refractivity contribution in [2.75, 3.05) is 13.1 Å². The Hall–Kier alpha value is -1.92. The predicted molar refractivity (Wildman–Crippen MR) is 105 cm³/mol. The smallest absolute Gasteiger partial charge is 0.274 e. The SMILES string of the molecule is CCc1ccc(C(C)(C)NC(=O)c2cn(C3CCNCC3)nn2)cc1.Cl. The molecule has 1 fully saturated rings. The van der Waals surface area contributed by atoms with E-state index in [1.807, 2.05) is 18.5 Å². The van der Waals surface area contributed by atoms with E-state index in [1.54, 1.807) is 6.20 Å². The molecule has 2 N–H and O–H groups in total. The van der Waals surface area contributed by atoms with Crippen LogP contribution in [0.3, 0.4) is 0 Å². The van der Waals surface area contributed by atoms with Crippen LogP contribution in [0, 0.1) is 0 Å². The first-order chi connectivity index (χ1) is 12.0. The standard InChI is InChI=1S/C19H27N5O.ClH/c1-4-14-5-7-15(8-6-14)19(2,3)21-18(25)17-13-24(23-22-17)16-9-11-20-12-10-16;/h5-8,13,16,20H,4,9-12H2,1-3H3,(H,21,25);1H. The molecule has 0 spiro atoms. The maximum absolute atomic E-state index is 12.6. The number of nitrogens with one attached hydrogen (secondary N) is 2. The molecule has 6 nitrogen and oxygen atoms in total. The maximum Gasteiger partial charge on any atom is 0.274 e. The molecule has 26 heavy (non-hydrogen) atoms. The summed E-state index contributed by atoms with van der Waals surface area (Å²) in [6, 6.07) is 8.69. The third kappa shape index (κ3) is 4.62. The van der Waals surface area contributed by atoms with Gasteiger partial charge in [-0.1, -0.05) is 36.4 Å². The number of hydrogen-bond acceptors (Lipinski definition) is 4. The summed E-state index contributed by atoms with van der Waals surface area (Å²) in [5, 5.41) is 14.6. The number of aromatic nitrogens is 3. The van der Waals surface area contributed by atoms with Crippen LogP contribution < -0.4 is 10.6 Å². The normalized spacial score (nSPS) is 15.3. The van der Waals surface area contributed by atoms with Gasteiger partial charge in [-0.15, -0.1) is 17.5 Å². The summed E-state index contributed by atoms with van der Waals surface area (Å²) in [7, 11) is 0. The zero-order valence-corrected chi connectivity index (χ0v) is 16.5. The van der Waals surface area contributed by atoms with Crippen LogP contribution >= 0.6 is 12.4 Å². The highest BCUT2D eigenvalue weighted by Gasteiger charge is 2.25. The summed E-state index contributed by atoms with van der Waals surface area (Å²) in [4.78, 5) is 12.6. The van der Waals surface area contributed by atoms with Crippen molar-refractivity contribution in [1.82, 2.24) is 25.6 Å². The van der Waals surface area contributed by atoms with E-state index < -0.39 is 5.54 Å². The molecule has 1 amide bonds. The fourth-order valence-electron chi connectivity index (χ4n) is 3.21. The topological polar surface area (TPSA) is 71.8 Å². The molecular weight excluding hydrogens is 350 g/mol. The molecule has 2 aromatic rings. The lowest BCUT2D eigenvalue weighted by molar-refractivity contribution is 0.0906. The number of aryl methyl sites for hydroxylation is 1. The summed E-state index contributed by atoms with van der Waals surface area (Å²) < 4.78 is 1.83. The van der Waals surface area contributed by atoms with Gasteiger partial charge in [0.2, 0.25) is 0 Å². The van der Waals surface area contributed by atoms with E-state index in [0.717, 1.165) is 37.9 Å². The lowest BCUT2D eigenvalue weighted by Gasteiger charge is -2.26. The second-order valence-corrected chi connectivity index (χ2v) is 7.19. The van der Waals surface area contributed by atoms with Gasteiger partial charge in [-0.05, 0) is 57.3 Å². The minimum Gasteiger partial charge on any atom is -0.342 e. The number of hydrogen-bond donors (Lipinski definition) is 2. The van der Waals surface area contributed by atoms with Crippen molar-refractivity contribution >= 4 is 18.3 Å². The van der Waals surface area contributed by atoms with Crippen LogP contribution in [0.4, 0.5) is 0 Å². The summed E-state index contributed by atoms with van der Waals surface area (Å²) in [5.41, 5.74) is 2.26. The molecule has 1 aliphatic heterocycles. The highest BCUT2D eigenvalue weighted by Crippen LogP contribution is 2.22. The maximum atomic E-state index is 12.6. The Morgan fingerprint density at radius 1 is 1.27 bits per heavy atom. The van der Waals surface area contributed by atoms with E-state index in [0.29, 0.717) is 11.7 Å². The molecule has 3 rings (SSSR count). The molecule has 0 bridgehead atoms. The first-order valence-electron chi connectivity index (χ1n) is 9.04. The monoisotopic (exact) mass is 377 g/mol. The largest absolute Gasteiger partial charge is 0.342 e. The summed E-state index contributed by atoms with van der Waals surface area (Å²) in [6.45, 7) is 8.10. The predicted octanol–water partition coefficient (Wildman–Crippen LogP) is 2.85. The van der Waals surface area contributed by atoms with E-state index in [4.69, 9.17) is 0 Å². The Bertz CT molecular complexity index is 720. The van der Waals surface area contributed by atoms with Crippen molar-refractivity contribution in [2.45, 2.75) is 51.6 Å². The number of rotatable bonds is 5. The second kappa shape index (κ2) is 8.64. The van der Waals surface area contributed by atoms with Crippen LogP contribution in [0.5, 0.6) is 0 Å². The fourth-order valence-corrected chi connectivity index (χ4v) is 3.21. The minimum absolute atomic E-state index is 0. The first-order valence-corrected chi connectivity index (χ1v) is 9.04. The van der Waals surface area contributed by atoms with Gasteiger partial charge in [0.25, 0.3) is 5.91 Å². The Labute approximate surface area is 161 Å². The van der Waals surface area contributed by atoms with Gasteiger partial charge in [0.1, 0.15) is 0 Å². The summed E-state index contributed by atoms with van der Waals surface area (Å²) in [5.74, 6) is -0.190. The third-order valence-corrected chi connectivity index (χ3v) is 4.94. The van der Waals surface area contributed by atoms with E-state index >= 15 is 0 Å². The highest BCUT2D eigenvalue weighted by atomic mass is 35.5. The number of nitrogens with zero attached hydrogens (tertiary/aromatic N) is 3. The van der Waals surface area contributed by atoms with Gasteiger partial charge in [0.05, 0.1) is 17.8 Å². The quantitative estimate of drug-likeness (QED) is 0.840. The Balaban J connectivity index is 0.00000243. The van der Waals surface area contributed by atoms with Gasteiger partial charge >= 0.3 is 0 Å². The van der Waals surface area contributed by atoms with Crippen LogP contribution in [-0.2, 0) is 12.0 Å². The van der Waals surface area contributed by atoms with E-state index in [-0.39, 0.29) is 18.3 Å². The molecule has 1 aromatic carbocycles. The second-order valence-electron chi connectivity index (χ2n) is 7.19. The van der Waals surface area contributed by atoms with Crippen molar-refractivity contribution in [1.29, 1.82) is 0 Å². The highest BCUT2D eigenvalue weighted by molar-refractivity contribution is 5.92. The molecule has 0 radical (unpaired) electrons. The fraction of sp³-hybridized carbons (Fsp3) is 0.526. The lowest BCUT2D eigenvalue weighted by Crippen LogP contribution is -2.41. The number of amides is 1. The van der Waals surface area contributed by atoms with Gasteiger partial charge < -0.3 is 10.6 Å². The van der Waals surface area contributed by atoms with Crippen molar-refractivity contribution in [3.63, 3.8) is 0 Å². The molecule has 7 heteroatoms. The van der Waals surface area contributed by atoms with Crippen LogP contribution in [0.1, 0.15) is 61.3 Å². The molecule has 1 aliphatic rings. The minimum atomic E-state index is -0.470. The molecule has 1 aromatic heterocycles. The van der Waals surface area contributed by atoms with Crippen LogP contribution in [-0.4, -0.2) is 34.0 Å². The van der Waals surface area contributed by atoms with Crippen molar-refractivity contribution < 1.29 is 4.79 Å². The third-order valence-electron chi connectivity index (χ3n) is 4.94. The van der Waals surface area contributed by atoms with Gasteiger partial charge in [-0.25, -0.2) is 4.68 Å². The Kier molecular flexibility index (Phi) is 6.78. The number of piperidine rings is 1. The lowest BCUT2D eigenvalue weighted by atomic mass is 9.93. The van der Waals surface area contributed by atoms with Gasteiger partial charge in [0, 0.05) is 0 Å². The zero-order valence-electron chi connectivity index (χ0n) is 15.7. The molecular formula is C19H28ClN5O. The molecule has 0 saturated carbocycles. The number of benzene rings is 1. The molecule has 0 aliphatic carbocycles. The van der Waals surface area contributed by atoms with E-state index in [2.05, 4.69) is 52.1 Å².